The first-order valence-corrected chi connectivity index (χ1v) is 9.46. The summed E-state index contributed by atoms with van der Waals surface area (Å²) < 4.78 is 5.83. The second-order valence-corrected chi connectivity index (χ2v) is 7.93. The van der Waals surface area contributed by atoms with Crippen LogP contribution in [-0.2, 0) is 5.54 Å². The molecule has 2 aromatic heterocycles. The topological polar surface area (TPSA) is 84.9 Å². The Balaban J connectivity index is 1.47. The second kappa shape index (κ2) is 6.03. The second-order valence-electron chi connectivity index (χ2n) is 7.53. The van der Waals surface area contributed by atoms with Gasteiger partial charge in [-0.2, -0.15) is 15.0 Å². The predicted molar refractivity (Wildman–Crippen MR) is 99.3 cm³/mol. The highest BCUT2D eigenvalue weighted by Crippen LogP contribution is 2.55. The summed E-state index contributed by atoms with van der Waals surface area (Å²) in [4.78, 5) is 1.52. The number of rotatable bonds is 4. The number of aryl methyl sites for hydroxylation is 1. The van der Waals surface area contributed by atoms with Crippen molar-refractivity contribution < 1.29 is 4.42 Å². The molecule has 1 N–H and O–H groups in total. The molecule has 3 atom stereocenters. The van der Waals surface area contributed by atoms with Gasteiger partial charge in [-0.05, 0) is 43.4 Å². The molecule has 2 bridgehead atoms. The number of halogens is 1. The fourth-order valence-electron chi connectivity index (χ4n) is 4.49. The van der Waals surface area contributed by atoms with E-state index in [0.29, 0.717) is 28.8 Å². The van der Waals surface area contributed by atoms with Crippen molar-refractivity contribution in [3.05, 3.63) is 47.4 Å². The van der Waals surface area contributed by atoms with Gasteiger partial charge in [-0.15, -0.1) is 10.2 Å². The van der Waals surface area contributed by atoms with Gasteiger partial charge in [-0.1, -0.05) is 18.5 Å². The van der Waals surface area contributed by atoms with Crippen LogP contribution in [0.3, 0.4) is 0 Å². The Kier molecular flexibility index (Phi) is 3.73. The average Bonchev–Trinajstić information content (AvgIpc) is 3.32. The van der Waals surface area contributed by atoms with Gasteiger partial charge < -0.3 is 9.84 Å². The van der Waals surface area contributed by atoms with E-state index in [1.54, 1.807) is 12.4 Å². The third kappa shape index (κ3) is 2.62. The molecule has 2 fully saturated rings. The fourth-order valence-corrected chi connectivity index (χ4v) is 4.68. The van der Waals surface area contributed by atoms with E-state index in [9.17, 15) is 0 Å². The lowest BCUT2D eigenvalue weighted by Gasteiger charge is -2.61. The van der Waals surface area contributed by atoms with Crippen LogP contribution < -0.4 is 5.43 Å². The summed E-state index contributed by atoms with van der Waals surface area (Å²) >= 11 is 6.34. The number of anilines is 1. The summed E-state index contributed by atoms with van der Waals surface area (Å²) in [7, 11) is 0. The Hall–Kier alpha value is -2.45. The van der Waals surface area contributed by atoms with Crippen LogP contribution in [0.5, 0.6) is 0 Å². The molecule has 0 amide bonds. The van der Waals surface area contributed by atoms with E-state index >= 15 is 0 Å². The number of fused-ring (bicyclic) bond motifs is 2. The van der Waals surface area contributed by atoms with E-state index in [4.69, 9.17) is 16.0 Å². The van der Waals surface area contributed by atoms with Crippen LogP contribution in [0.2, 0.25) is 5.02 Å². The summed E-state index contributed by atoms with van der Waals surface area (Å²) in [6.07, 6.45) is 6.41. The summed E-state index contributed by atoms with van der Waals surface area (Å²) in [6, 6.07) is 6.19. The molecule has 1 aromatic carbocycles. The van der Waals surface area contributed by atoms with E-state index in [0.717, 1.165) is 30.6 Å². The van der Waals surface area contributed by atoms with Crippen LogP contribution in [0.25, 0.3) is 5.69 Å². The Bertz CT molecular complexity index is 972. The molecule has 140 valence electrons. The minimum Gasteiger partial charge on any atom is -0.423 e. The molecule has 27 heavy (non-hydrogen) atoms. The van der Waals surface area contributed by atoms with Crippen LogP contribution in [0, 0.1) is 12.8 Å². The van der Waals surface area contributed by atoms with E-state index in [1.165, 1.54) is 4.80 Å². The van der Waals surface area contributed by atoms with Gasteiger partial charge in [0.1, 0.15) is 11.2 Å². The largest absolute Gasteiger partial charge is 0.423 e. The molecular formula is C18H20ClN7O. The number of hydrazine groups is 1. The van der Waals surface area contributed by atoms with Gasteiger partial charge in [0.15, 0.2) is 0 Å². The molecule has 2 aliphatic rings. The number of nitrogens with one attached hydrogen (secondary N) is 1. The van der Waals surface area contributed by atoms with Crippen molar-refractivity contribution in [1.29, 1.82) is 0 Å². The maximum Gasteiger partial charge on any atom is 0.238 e. The van der Waals surface area contributed by atoms with Crippen LogP contribution in [0.1, 0.15) is 38.0 Å². The molecule has 0 spiro atoms. The highest BCUT2D eigenvalue weighted by Gasteiger charge is 2.60. The van der Waals surface area contributed by atoms with Crippen molar-refractivity contribution in [3.63, 3.8) is 0 Å². The lowest BCUT2D eigenvalue weighted by atomic mass is 9.65. The summed E-state index contributed by atoms with van der Waals surface area (Å²) in [6.45, 7) is 4.11. The Morgan fingerprint density at radius 1 is 1.22 bits per heavy atom. The lowest BCUT2D eigenvalue weighted by molar-refractivity contribution is -0.132. The van der Waals surface area contributed by atoms with Crippen LogP contribution in [0.15, 0.2) is 35.0 Å². The summed E-state index contributed by atoms with van der Waals surface area (Å²) in [5, 5.41) is 19.6. The molecule has 1 saturated carbocycles. The van der Waals surface area contributed by atoms with Crippen LogP contribution >= 0.6 is 11.6 Å². The van der Waals surface area contributed by atoms with Crippen molar-refractivity contribution in [2.24, 2.45) is 5.92 Å². The third-order valence-electron chi connectivity index (χ3n) is 5.51. The molecule has 8 nitrogen and oxygen atoms in total. The number of benzene rings is 1. The number of piperidine rings is 1. The molecule has 5 rings (SSSR count). The molecule has 1 aliphatic carbocycles. The number of aromatic nitrogens is 5. The first kappa shape index (κ1) is 16.7. The Labute approximate surface area is 161 Å². The molecule has 3 aromatic rings. The van der Waals surface area contributed by atoms with E-state index in [2.05, 4.69) is 37.8 Å². The van der Waals surface area contributed by atoms with Gasteiger partial charge in [0.05, 0.1) is 23.1 Å². The monoisotopic (exact) mass is 385 g/mol. The summed E-state index contributed by atoms with van der Waals surface area (Å²) in [5.74, 6) is 1.90. The van der Waals surface area contributed by atoms with Gasteiger partial charge in [0.2, 0.25) is 11.8 Å². The Morgan fingerprint density at radius 2 is 2.04 bits per heavy atom. The maximum absolute atomic E-state index is 6.34. The molecule has 1 aliphatic heterocycles. The normalized spacial score (nSPS) is 27.4. The molecule has 1 unspecified atom stereocenters. The minimum atomic E-state index is -0.257. The molecule has 0 radical (unpaired) electrons. The van der Waals surface area contributed by atoms with Crippen molar-refractivity contribution >= 4 is 17.3 Å². The van der Waals surface area contributed by atoms with Gasteiger partial charge in [-0.25, -0.2) is 5.01 Å². The number of hydrogen-bond acceptors (Lipinski definition) is 7. The van der Waals surface area contributed by atoms with Crippen molar-refractivity contribution in [2.75, 3.05) is 5.43 Å². The first-order valence-electron chi connectivity index (χ1n) is 9.08. The highest BCUT2D eigenvalue weighted by atomic mass is 35.5. The number of nitrogens with zero attached hydrogens (tertiary/aromatic N) is 6. The van der Waals surface area contributed by atoms with Gasteiger partial charge in [-0.3, -0.25) is 0 Å². The van der Waals surface area contributed by atoms with Gasteiger partial charge >= 0.3 is 0 Å². The zero-order valence-electron chi connectivity index (χ0n) is 15.1. The molecule has 1 saturated heterocycles. The van der Waals surface area contributed by atoms with E-state index in [-0.39, 0.29) is 5.54 Å². The van der Waals surface area contributed by atoms with Crippen molar-refractivity contribution in [2.45, 2.75) is 44.7 Å². The Morgan fingerprint density at radius 3 is 2.78 bits per heavy atom. The average molecular weight is 386 g/mol. The van der Waals surface area contributed by atoms with Crippen LogP contribution in [0.4, 0.5) is 5.69 Å². The zero-order valence-corrected chi connectivity index (χ0v) is 15.9. The molecule has 3 heterocycles. The highest BCUT2D eigenvalue weighted by molar-refractivity contribution is 6.32. The molecule has 9 heteroatoms. The smallest absolute Gasteiger partial charge is 0.238 e. The fraction of sp³-hybridized carbons (Fsp3) is 0.444. The van der Waals surface area contributed by atoms with E-state index in [1.807, 2.05) is 25.1 Å². The standard InChI is InChI=1S/C18H20ClN7O/c1-11-7-14-10-18(9-11,17-23-22-12(2)27-17)25(14)24-13-3-4-15(19)16(8-13)26-20-5-6-21-26/h3-6,8,11,14,24H,7,9-10H2,1-2H3/t11-,14-,18?/m1/s1. The van der Waals surface area contributed by atoms with Gasteiger partial charge in [0, 0.05) is 13.0 Å². The molecular weight excluding hydrogens is 366 g/mol. The van der Waals surface area contributed by atoms with Crippen molar-refractivity contribution in [3.8, 4) is 5.69 Å². The summed E-state index contributed by atoms with van der Waals surface area (Å²) in [5.41, 5.74) is 4.95. The maximum atomic E-state index is 6.34. The quantitative estimate of drug-likeness (QED) is 0.737. The van der Waals surface area contributed by atoms with Gasteiger partial charge in [0.25, 0.3) is 0 Å². The number of hydrogen-bond donors (Lipinski definition) is 1. The predicted octanol–water partition coefficient (Wildman–Crippen LogP) is 3.34. The minimum absolute atomic E-state index is 0.257. The SMILES string of the molecule is Cc1nnc(C23C[C@H](C)C[C@H](C2)N3Nc2ccc(Cl)c(-n3nccn3)c2)o1. The van der Waals surface area contributed by atoms with E-state index < -0.39 is 0 Å². The van der Waals surface area contributed by atoms with Crippen molar-refractivity contribution in [1.82, 2.24) is 30.2 Å². The first-order chi connectivity index (χ1) is 13.0. The van der Waals surface area contributed by atoms with Crippen LogP contribution in [-0.4, -0.2) is 36.2 Å². The third-order valence-corrected chi connectivity index (χ3v) is 5.83. The lowest BCUT2D eigenvalue weighted by Crippen LogP contribution is -2.69. The zero-order chi connectivity index (χ0) is 18.6.